The monoisotopic (exact) mass is 294 g/mol. The van der Waals surface area contributed by atoms with Crippen molar-refractivity contribution in [2.75, 3.05) is 31.1 Å². The lowest BCUT2D eigenvalue weighted by atomic mass is 10.2. The maximum atomic E-state index is 12.0. The van der Waals surface area contributed by atoms with E-state index in [1.807, 2.05) is 25.7 Å². The van der Waals surface area contributed by atoms with Crippen LogP contribution in [-0.2, 0) is 4.74 Å². The summed E-state index contributed by atoms with van der Waals surface area (Å²) in [5.41, 5.74) is 0.0698. The molecule has 1 aromatic rings. The average molecular weight is 294 g/mol. The molecule has 1 aliphatic heterocycles. The number of nitrogens with zero attached hydrogens (tertiary/aromatic N) is 4. The highest BCUT2D eigenvalue weighted by molar-refractivity contribution is 5.68. The fourth-order valence-electron chi connectivity index (χ4n) is 2.02. The van der Waals surface area contributed by atoms with Gasteiger partial charge in [-0.25, -0.2) is 14.8 Å². The largest absolute Gasteiger partial charge is 0.504 e. The van der Waals surface area contributed by atoms with Crippen LogP contribution in [0.2, 0.25) is 0 Å². The van der Waals surface area contributed by atoms with Gasteiger partial charge in [-0.3, -0.25) is 0 Å². The van der Waals surface area contributed by atoms with Gasteiger partial charge >= 0.3 is 6.09 Å². The van der Waals surface area contributed by atoms with Crippen molar-refractivity contribution in [3.63, 3.8) is 0 Å². The highest BCUT2D eigenvalue weighted by Crippen LogP contribution is 2.18. The maximum absolute atomic E-state index is 12.0. The molecule has 0 radical (unpaired) electrons. The lowest BCUT2D eigenvalue weighted by Gasteiger charge is -2.35. The highest BCUT2D eigenvalue weighted by Gasteiger charge is 2.26. The minimum atomic E-state index is -0.481. The molecule has 0 bridgehead atoms. The van der Waals surface area contributed by atoms with Crippen molar-refractivity contribution in [3.8, 4) is 5.75 Å². The quantitative estimate of drug-likeness (QED) is 0.846. The summed E-state index contributed by atoms with van der Waals surface area (Å²) in [7, 11) is 0. The first-order chi connectivity index (χ1) is 9.76. The Balaban J connectivity index is 1.94. The third-order valence-electron chi connectivity index (χ3n) is 3.15. The van der Waals surface area contributed by atoms with Gasteiger partial charge in [0.05, 0.1) is 11.9 Å². The molecule has 21 heavy (non-hydrogen) atoms. The Hall–Kier alpha value is -2.05. The predicted octanol–water partition coefficient (Wildman–Crippen LogP) is 1.55. The van der Waals surface area contributed by atoms with Gasteiger partial charge in [0.25, 0.3) is 0 Å². The Bertz CT molecular complexity index is 519. The summed E-state index contributed by atoms with van der Waals surface area (Å²) in [6, 6.07) is 0. The number of rotatable bonds is 1. The zero-order valence-corrected chi connectivity index (χ0v) is 13.0. The molecule has 1 amide bonds. The Kier molecular flexibility index (Phi) is 4.20. The zero-order chi connectivity index (χ0) is 15.6. The van der Waals surface area contributed by atoms with Crippen LogP contribution in [0.25, 0.3) is 0 Å². The Labute approximate surface area is 124 Å². The van der Waals surface area contributed by atoms with Crippen molar-refractivity contribution in [3.05, 3.63) is 11.9 Å². The number of anilines is 1. The summed E-state index contributed by atoms with van der Waals surface area (Å²) >= 11 is 0. The topological polar surface area (TPSA) is 78.8 Å². The molecular formula is C14H22N4O3. The number of amides is 1. The lowest BCUT2D eigenvalue weighted by molar-refractivity contribution is 0.0240. The van der Waals surface area contributed by atoms with Gasteiger partial charge in [-0.15, -0.1) is 0 Å². The number of hydrogen-bond donors (Lipinski definition) is 1. The number of aromatic nitrogens is 2. The third-order valence-corrected chi connectivity index (χ3v) is 3.15. The van der Waals surface area contributed by atoms with E-state index in [2.05, 4.69) is 9.97 Å². The van der Waals surface area contributed by atoms with Crippen molar-refractivity contribution in [2.24, 2.45) is 0 Å². The number of carbonyl (C=O) groups is 1. The Morgan fingerprint density at radius 1 is 1.29 bits per heavy atom. The number of aromatic hydroxyl groups is 1. The molecule has 116 valence electrons. The van der Waals surface area contributed by atoms with Crippen LogP contribution in [-0.4, -0.2) is 57.8 Å². The van der Waals surface area contributed by atoms with Gasteiger partial charge in [0.15, 0.2) is 5.75 Å². The fourth-order valence-corrected chi connectivity index (χ4v) is 2.02. The maximum Gasteiger partial charge on any atom is 0.410 e. The van der Waals surface area contributed by atoms with Crippen LogP contribution >= 0.6 is 0 Å². The lowest BCUT2D eigenvalue weighted by Crippen LogP contribution is -2.50. The number of aryl methyl sites for hydroxylation is 1. The van der Waals surface area contributed by atoms with E-state index in [1.54, 1.807) is 11.8 Å². The SMILES string of the molecule is Cc1nc(N2CCN(C(=O)OC(C)(C)C)CC2)ncc1O. The van der Waals surface area contributed by atoms with Gasteiger partial charge in [-0.1, -0.05) is 0 Å². The van der Waals surface area contributed by atoms with Gasteiger partial charge in [0.2, 0.25) is 5.95 Å². The number of carbonyl (C=O) groups excluding carboxylic acids is 1. The van der Waals surface area contributed by atoms with Crippen LogP contribution in [0.3, 0.4) is 0 Å². The van der Waals surface area contributed by atoms with Crippen LogP contribution in [0.5, 0.6) is 5.75 Å². The molecule has 0 saturated carbocycles. The van der Waals surface area contributed by atoms with E-state index in [9.17, 15) is 9.90 Å². The smallest absolute Gasteiger partial charge is 0.410 e. The standard InChI is InChI=1S/C14H22N4O3/c1-10-11(19)9-15-12(16-10)17-5-7-18(8-6-17)13(20)21-14(2,3)4/h9,19H,5-8H2,1-4H3. The van der Waals surface area contributed by atoms with Gasteiger partial charge in [-0.05, 0) is 27.7 Å². The summed E-state index contributed by atoms with van der Waals surface area (Å²) in [6.45, 7) is 9.72. The van der Waals surface area contributed by atoms with Crippen molar-refractivity contribution in [1.82, 2.24) is 14.9 Å². The van der Waals surface area contributed by atoms with E-state index in [0.717, 1.165) is 0 Å². The van der Waals surface area contributed by atoms with Crippen LogP contribution in [0.15, 0.2) is 6.20 Å². The second kappa shape index (κ2) is 5.75. The summed E-state index contributed by atoms with van der Waals surface area (Å²) in [4.78, 5) is 24.0. The molecule has 7 heteroatoms. The molecule has 2 heterocycles. The summed E-state index contributed by atoms with van der Waals surface area (Å²) in [6.07, 6.45) is 1.11. The number of ether oxygens (including phenoxy) is 1. The second-order valence-electron chi connectivity index (χ2n) is 6.10. The molecule has 0 atom stereocenters. The molecule has 0 aromatic carbocycles. The summed E-state index contributed by atoms with van der Waals surface area (Å²) in [5, 5.41) is 9.45. The van der Waals surface area contributed by atoms with Crippen LogP contribution in [0, 0.1) is 6.92 Å². The Morgan fingerprint density at radius 2 is 1.90 bits per heavy atom. The first-order valence-corrected chi connectivity index (χ1v) is 7.02. The van der Waals surface area contributed by atoms with E-state index >= 15 is 0 Å². The Morgan fingerprint density at radius 3 is 2.43 bits per heavy atom. The molecule has 1 N–H and O–H groups in total. The molecule has 1 aliphatic rings. The van der Waals surface area contributed by atoms with Crippen molar-refractivity contribution in [2.45, 2.75) is 33.3 Å². The van der Waals surface area contributed by atoms with Crippen molar-refractivity contribution >= 4 is 12.0 Å². The average Bonchev–Trinajstić information content (AvgIpc) is 2.40. The zero-order valence-electron chi connectivity index (χ0n) is 13.0. The molecule has 1 aromatic heterocycles. The van der Waals surface area contributed by atoms with E-state index in [-0.39, 0.29) is 11.8 Å². The molecular weight excluding hydrogens is 272 g/mol. The van der Waals surface area contributed by atoms with Crippen LogP contribution in [0.4, 0.5) is 10.7 Å². The van der Waals surface area contributed by atoms with Gasteiger partial charge in [-0.2, -0.15) is 0 Å². The van der Waals surface area contributed by atoms with Crippen molar-refractivity contribution < 1.29 is 14.6 Å². The molecule has 1 saturated heterocycles. The summed E-state index contributed by atoms with van der Waals surface area (Å²) < 4.78 is 5.36. The van der Waals surface area contributed by atoms with E-state index in [0.29, 0.717) is 37.8 Å². The molecule has 0 aliphatic carbocycles. The number of piperazine rings is 1. The normalized spacial score (nSPS) is 16.0. The van der Waals surface area contributed by atoms with Crippen LogP contribution < -0.4 is 4.90 Å². The molecule has 7 nitrogen and oxygen atoms in total. The van der Waals surface area contributed by atoms with Crippen LogP contribution in [0.1, 0.15) is 26.5 Å². The van der Waals surface area contributed by atoms with E-state index in [4.69, 9.17) is 4.74 Å². The first kappa shape index (κ1) is 15.3. The third kappa shape index (κ3) is 3.96. The van der Waals surface area contributed by atoms with E-state index < -0.39 is 5.60 Å². The highest BCUT2D eigenvalue weighted by atomic mass is 16.6. The molecule has 0 spiro atoms. The van der Waals surface area contributed by atoms with Gasteiger partial charge in [0.1, 0.15) is 5.60 Å². The first-order valence-electron chi connectivity index (χ1n) is 7.02. The van der Waals surface area contributed by atoms with Crippen molar-refractivity contribution in [1.29, 1.82) is 0 Å². The molecule has 1 fully saturated rings. The predicted molar refractivity (Wildman–Crippen MR) is 78.5 cm³/mol. The molecule has 2 rings (SSSR count). The minimum absolute atomic E-state index is 0.0890. The summed E-state index contributed by atoms with van der Waals surface area (Å²) in [5.74, 6) is 0.667. The molecule has 0 unspecified atom stereocenters. The second-order valence-corrected chi connectivity index (χ2v) is 6.10. The van der Waals surface area contributed by atoms with Gasteiger partial charge < -0.3 is 19.6 Å². The minimum Gasteiger partial charge on any atom is -0.504 e. The van der Waals surface area contributed by atoms with E-state index in [1.165, 1.54) is 6.20 Å². The fraction of sp³-hybridized carbons (Fsp3) is 0.643. The van der Waals surface area contributed by atoms with Gasteiger partial charge in [0, 0.05) is 26.2 Å². The number of hydrogen-bond acceptors (Lipinski definition) is 6.